The van der Waals surface area contributed by atoms with Crippen LogP contribution >= 0.6 is 0 Å². The highest BCUT2D eigenvalue weighted by Gasteiger charge is 2.11. The average Bonchev–Trinajstić information content (AvgIpc) is 2.48. The zero-order valence-electron chi connectivity index (χ0n) is 11.4. The normalized spacial score (nSPS) is 13.6. The van der Waals surface area contributed by atoms with Gasteiger partial charge in [0.05, 0.1) is 6.42 Å². The van der Waals surface area contributed by atoms with Crippen molar-refractivity contribution >= 4 is 11.6 Å². The highest BCUT2D eigenvalue weighted by Crippen LogP contribution is 2.22. The molecule has 1 heterocycles. The average molecular weight is 266 g/mol. The first-order chi connectivity index (χ1) is 9.81. The van der Waals surface area contributed by atoms with Crippen LogP contribution in [0.25, 0.3) is 0 Å². The fourth-order valence-electron chi connectivity index (χ4n) is 2.72. The summed E-state index contributed by atoms with van der Waals surface area (Å²) in [5, 5.41) is 2.89. The van der Waals surface area contributed by atoms with Gasteiger partial charge in [0, 0.05) is 18.1 Å². The minimum atomic E-state index is 0.0203. The number of aromatic nitrogens is 1. The van der Waals surface area contributed by atoms with Gasteiger partial charge in [0.1, 0.15) is 0 Å². The van der Waals surface area contributed by atoms with Gasteiger partial charge in [-0.2, -0.15) is 0 Å². The van der Waals surface area contributed by atoms with E-state index in [2.05, 4.69) is 28.5 Å². The van der Waals surface area contributed by atoms with Crippen molar-refractivity contribution in [1.82, 2.24) is 4.98 Å². The fraction of sp³-hybridized carbons (Fsp3) is 0.294. The van der Waals surface area contributed by atoms with Crippen molar-refractivity contribution in [2.75, 3.05) is 5.32 Å². The van der Waals surface area contributed by atoms with Crippen molar-refractivity contribution in [3.8, 4) is 0 Å². The van der Waals surface area contributed by atoms with Gasteiger partial charge < -0.3 is 5.32 Å². The molecular formula is C17H18N2O. The molecule has 1 aliphatic carbocycles. The number of hydrogen-bond donors (Lipinski definition) is 1. The van der Waals surface area contributed by atoms with Crippen LogP contribution in [0, 0.1) is 0 Å². The van der Waals surface area contributed by atoms with Gasteiger partial charge in [-0.1, -0.05) is 18.2 Å². The molecule has 20 heavy (non-hydrogen) atoms. The molecule has 1 N–H and O–H groups in total. The van der Waals surface area contributed by atoms with Crippen molar-refractivity contribution in [3.05, 3.63) is 59.4 Å². The van der Waals surface area contributed by atoms with E-state index in [1.54, 1.807) is 24.5 Å². The first-order valence-corrected chi connectivity index (χ1v) is 7.12. The molecule has 0 aliphatic heterocycles. The molecule has 1 aromatic carbocycles. The predicted octanol–water partition coefficient (Wildman–Crippen LogP) is 3.14. The van der Waals surface area contributed by atoms with E-state index in [0.29, 0.717) is 6.42 Å². The SMILES string of the molecule is O=C(Cc1ccc2c(c1)CCCC2)Nc1ccncc1. The Morgan fingerprint density at radius 3 is 2.60 bits per heavy atom. The van der Waals surface area contributed by atoms with Crippen LogP contribution in [0.3, 0.4) is 0 Å². The molecule has 0 bridgehead atoms. The lowest BCUT2D eigenvalue weighted by molar-refractivity contribution is -0.115. The molecule has 0 unspecified atom stereocenters. The zero-order chi connectivity index (χ0) is 13.8. The summed E-state index contributed by atoms with van der Waals surface area (Å²) in [4.78, 5) is 16.0. The third-order valence-corrected chi connectivity index (χ3v) is 3.74. The zero-order valence-corrected chi connectivity index (χ0v) is 11.4. The van der Waals surface area contributed by atoms with Gasteiger partial charge in [-0.25, -0.2) is 0 Å². The highest BCUT2D eigenvalue weighted by molar-refractivity contribution is 5.92. The first-order valence-electron chi connectivity index (χ1n) is 7.12. The van der Waals surface area contributed by atoms with Crippen LogP contribution in [0.4, 0.5) is 5.69 Å². The van der Waals surface area contributed by atoms with Crippen LogP contribution in [0.1, 0.15) is 29.5 Å². The lowest BCUT2D eigenvalue weighted by Gasteiger charge is -2.16. The Bertz CT molecular complexity index is 608. The van der Waals surface area contributed by atoms with Gasteiger partial charge in [0.15, 0.2) is 0 Å². The number of nitrogens with one attached hydrogen (secondary N) is 1. The largest absolute Gasteiger partial charge is 0.326 e. The second kappa shape index (κ2) is 5.87. The van der Waals surface area contributed by atoms with Crippen LogP contribution in [0.5, 0.6) is 0 Å². The Labute approximate surface area is 119 Å². The number of fused-ring (bicyclic) bond motifs is 1. The van der Waals surface area contributed by atoms with E-state index in [4.69, 9.17) is 0 Å². The van der Waals surface area contributed by atoms with Crippen LogP contribution in [0.15, 0.2) is 42.7 Å². The third-order valence-electron chi connectivity index (χ3n) is 3.74. The molecule has 0 saturated carbocycles. The summed E-state index contributed by atoms with van der Waals surface area (Å²) in [5.41, 5.74) is 4.76. The van der Waals surface area contributed by atoms with E-state index >= 15 is 0 Å². The summed E-state index contributed by atoms with van der Waals surface area (Å²) >= 11 is 0. The molecular weight excluding hydrogens is 248 g/mol. The van der Waals surface area contributed by atoms with Crippen molar-refractivity contribution in [2.24, 2.45) is 0 Å². The van der Waals surface area contributed by atoms with Crippen LogP contribution < -0.4 is 5.32 Å². The highest BCUT2D eigenvalue weighted by atomic mass is 16.1. The van der Waals surface area contributed by atoms with Gasteiger partial charge in [0.25, 0.3) is 0 Å². The molecule has 0 radical (unpaired) electrons. The van der Waals surface area contributed by atoms with Crippen molar-refractivity contribution in [1.29, 1.82) is 0 Å². The fourth-order valence-corrected chi connectivity index (χ4v) is 2.72. The third kappa shape index (κ3) is 3.05. The second-order valence-electron chi connectivity index (χ2n) is 5.27. The summed E-state index contributed by atoms with van der Waals surface area (Å²) < 4.78 is 0. The molecule has 0 fully saturated rings. The molecule has 3 nitrogen and oxygen atoms in total. The number of pyridine rings is 1. The molecule has 0 atom stereocenters. The van der Waals surface area contributed by atoms with Gasteiger partial charge in [-0.05, 0) is 54.5 Å². The number of benzene rings is 1. The maximum atomic E-state index is 12.0. The van der Waals surface area contributed by atoms with E-state index in [1.165, 1.54) is 30.4 Å². The Hall–Kier alpha value is -2.16. The maximum absolute atomic E-state index is 12.0. The maximum Gasteiger partial charge on any atom is 0.228 e. The topological polar surface area (TPSA) is 42.0 Å². The Morgan fingerprint density at radius 2 is 1.80 bits per heavy atom. The molecule has 3 rings (SSSR count). The van der Waals surface area contributed by atoms with Gasteiger partial charge in [-0.3, -0.25) is 9.78 Å². The first kappa shape index (κ1) is 12.9. The number of rotatable bonds is 3. The van der Waals surface area contributed by atoms with Crippen LogP contribution in [-0.2, 0) is 24.1 Å². The Kier molecular flexibility index (Phi) is 3.77. The Morgan fingerprint density at radius 1 is 1.05 bits per heavy atom. The van der Waals surface area contributed by atoms with Gasteiger partial charge >= 0.3 is 0 Å². The number of carbonyl (C=O) groups is 1. The summed E-state index contributed by atoms with van der Waals surface area (Å²) in [6, 6.07) is 10.1. The quantitative estimate of drug-likeness (QED) is 0.927. The predicted molar refractivity (Wildman–Crippen MR) is 79.7 cm³/mol. The summed E-state index contributed by atoms with van der Waals surface area (Å²) in [6.45, 7) is 0. The van der Waals surface area contributed by atoms with E-state index in [1.807, 2.05) is 0 Å². The van der Waals surface area contributed by atoms with Crippen molar-refractivity contribution < 1.29 is 4.79 Å². The molecule has 3 heteroatoms. The molecule has 0 saturated heterocycles. The number of amides is 1. The number of carbonyl (C=O) groups excluding carboxylic acids is 1. The molecule has 2 aromatic rings. The summed E-state index contributed by atoms with van der Waals surface area (Å²) in [7, 11) is 0. The minimum Gasteiger partial charge on any atom is -0.326 e. The van der Waals surface area contributed by atoms with E-state index in [0.717, 1.165) is 17.7 Å². The Balaban J connectivity index is 1.67. The van der Waals surface area contributed by atoms with Gasteiger partial charge in [-0.15, -0.1) is 0 Å². The van der Waals surface area contributed by atoms with E-state index in [9.17, 15) is 4.79 Å². The minimum absolute atomic E-state index is 0.0203. The lowest BCUT2D eigenvalue weighted by atomic mass is 9.90. The number of aryl methyl sites for hydroxylation is 2. The van der Waals surface area contributed by atoms with E-state index < -0.39 is 0 Å². The second-order valence-corrected chi connectivity index (χ2v) is 5.27. The van der Waals surface area contributed by atoms with Gasteiger partial charge in [0.2, 0.25) is 5.91 Å². The smallest absolute Gasteiger partial charge is 0.228 e. The summed E-state index contributed by atoms with van der Waals surface area (Å²) in [6.07, 6.45) is 8.65. The monoisotopic (exact) mass is 266 g/mol. The standard InChI is InChI=1S/C17H18N2O/c20-17(19-16-7-9-18-10-8-16)12-13-5-6-14-3-1-2-4-15(14)11-13/h5-11H,1-4,12H2,(H,18,19,20). The number of anilines is 1. The number of nitrogens with zero attached hydrogens (tertiary/aromatic N) is 1. The summed E-state index contributed by atoms with van der Waals surface area (Å²) in [5.74, 6) is 0.0203. The lowest BCUT2D eigenvalue weighted by Crippen LogP contribution is -2.15. The van der Waals surface area contributed by atoms with Crippen molar-refractivity contribution in [3.63, 3.8) is 0 Å². The molecule has 102 valence electrons. The molecule has 1 aliphatic rings. The molecule has 1 aromatic heterocycles. The van der Waals surface area contributed by atoms with E-state index in [-0.39, 0.29) is 5.91 Å². The van der Waals surface area contributed by atoms with Crippen LogP contribution in [0.2, 0.25) is 0 Å². The molecule has 1 amide bonds. The number of hydrogen-bond acceptors (Lipinski definition) is 2. The van der Waals surface area contributed by atoms with Crippen molar-refractivity contribution in [2.45, 2.75) is 32.1 Å². The molecule has 0 spiro atoms. The van der Waals surface area contributed by atoms with Crippen LogP contribution in [-0.4, -0.2) is 10.9 Å².